The molecule has 0 spiro atoms. The van der Waals surface area contributed by atoms with E-state index in [0.717, 1.165) is 5.56 Å². The fraction of sp³-hybridized carbons (Fsp3) is 0.400. The Balaban J connectivity index is 2.60. The van der Waals surface area contributed by atoms with Gasteiger partial charge in [0.15, 0.2) is 0 Å². The molecule has 0 saturated heterocycles. The van der Waals surface area contributed by atoms with Crippen LogP contribution in [0.1, 0.15) is 19.4 Å². The molecule has 1 aromatic carbocycles. The third-order valence-electron chi connectivity index (χ3n) is 2.36. The van der Waals surface area contributed by atoms with E-state index in [1.54, 1.807) is 6.07 Å². The molecule has 0 fully saturated rings. The summed E-state index contributed by atoms with van der Waals surface area (Å²) >= 11 is 5.97. The second kappa shape index (κ2) is 3.10. The van der Waals surface area contributed by atoms with E-state index in [0.29, 0.717) is 17.2 Å². The number of benzene rings is 1. The van der Waals surface area contributed by atoms with Crippen molar-refractivity contribution in [1.82, 2.24) is 0 Å². The van der Waals surface area contributed by atoms with Crippen LogP contribution >= 0.6 is 11.6 Å². The van der Waals surface area contributed by atoms with Gasteiger partial charge in [0.05, 0.1) is 4.92 Å². The molecule has 4 nitrogen and oxygen atoms in total. The summed E-state index contributed by atoms with van der Waals surface area (Å²) in [6, 6.07) is 2.92. The van der Waals surface area contributed by atoms with Crippen LogP contribution in [0.2, 0.25) is 5.02 Å². The molecular formula is C10H10ClNO3. The fourth-order valence-electron chi connectivity index (χ4n) is 1.75. The summed E-state index contributed by atoms with van der Waals surface area (Å²) in [6.07, 6.45) is 0.600. The molecule has 0 amide bonds. The van der Waals surface area contributed by atoms with Gasteiger partial charge in [-0.3, -0.25) is 10.1 Å². The summed E-state index contributed by atoms with van der Waals surface area (Å²) in [6.45, 7) is 3.76. The molecule has 0 aliphatic carbocycles. The Hall–Kier alpha value is -1.29. The Kier molecular flexibility index (Phi) is 2.12. The summed E-state index contributed by atoms with van der Waals surface area (Å²) in [5, 5.41) is 11.3. The zero-order chi connectivity index (χ0) is 11.2. The molecule has 5 heteroatoms. The quantitative estimate of drug-likeness (QED) is 0.548. The Morgan fingerprint density at radius 2 is 2.20 bits per heavy atom. The molecule has 80 valence electrons. The van der Waals surface area contributed by atoms with Crippen LogP contribution in [-0.4, -0.2) is 10.5 Å². The van der Waals surface area contributed by atoms with Crippen LogP contribution in [0.4, 0.5) is 5.69 Å². The van der Waals surface area contributed by atoms with E-state index < -0.39 is 10.5 Å². The number of fused-ring (bicyclic) bond motifs is 1. The van der Waals surface area contributed by atoms with Gasteiger partial charge in [0.1, 0.15) is 5.60 Å². The van der Waals surface area contributed by atoms with Crippen molar-refractivity contribution in [2.75, 3.05) is 0 Å². The summed E-state index contributed by atoms with van der Waals surface area (Å²) in [4.78, 5) is 10.3. The highest BCUT2D eigenvalue weighted by molar-refractivity contribution is 6.31. The third kappa shape index (κ3) is 1.65. The minimum absolute atomic E-state index is 0.0139. The third-order valence-corrected chi connectivity index (χ3v) is 2.71. The first-order valence-electron chi connectivity index (χ1n) is 4.55. The number of ether oxygens (including phenoxy) is 1. The molecule has 0 radical (unpaired) electrons. The van der Waals surface area contributed by atoms with Crippen molar-refractivity contribution in [3.05, 3.63) is 32.8 Å². The molecule has 1 aliphatic rings. The Morgan fingerprint density at radius 3 is 2.80 bits per heavy atom. The lowest BCUT2D eigenvalue weighted by Crippen LogP contribution is -2.24. The molecule has 1 aromatic rings. The molecule has 15 heavy (non-hydrogen) atoms. The molecular weight excluding hydrogens is 218 g/mol. The lowest BCUT2D eigenvalue weighted by atomic mass is 10.0. The average molecular weight is 228 g/mol. The molecule has 0 unspecified atom stereocenters. The highest BCUT2D eigenvalue weighted by atomic mass is 35.5. The van der Waals surface area contributed by atoms with Crippen molar-refractivity contribution in [1.29, 1.82) is 0 Å². The van der Waals surface area contributed by atoms with Gasteiger partial charge in [-0.25, -0.2) is 0 Å². The maximum absolute atomic E-state index is 10.8. The van der Waals surface area contributed by atoms with Crippen LogP contribution in [0, 0.1) is 10.1 Å². The predicted molar refractivity (Wildman–Crippen MR) is 56.5 cm³/mol. The molecule has 0 bridgehead atoms. The lowest BCUT2D eigenvalue weighted by Gasteiger charge is -2.16. The highest BCUT2D eigenvalue weighted by Crippen LogP contribution is 2.44. The van der Waals surface area contributed by atoms with Gasteiger partial charge in [0.25, 0.3) is 0 Å². The van der Waals surface area contributed by atoms with E-state index in [9.17, 15) is 10.1 Å². The van der Waals surface area contributed by atoms with Crippen LogP contribution < -0.4 is 4.74 Å². The first-order chi connectivity index (χ1) is 6.91. The molecule has 1 heterocycles. The van der Waals surface area contributed by atoms with Crippen LogP contribution in [0.15, 0.2) is 12.1 Å². The Labute approximate surface area is 92.0 Å². The maximum atomic E-state index is 10.8. The summed E-state index contributed by atoms with van der Waals surface area (Å²) in [7, 11) is 0. The molecule has 0 N–H and O–H groups in total. The summed E-state index contributed by atoms with van der Waals surface area (Å²) in [5.41, 5.74) is 0.300. The number of nitro groups is 1. The second-order valence-electron chi connectivity index (χ2n) is 4.17. The van der Waals surface area contributed by atoms with Crippen molar-refractivity contribution in [2.45, 2.75) is 25.9 Å². The van der Waals surface area contributed by atoms with Crippen molar-refractivity contribution in [3.8, 4) is 5.75 Å². The number of rotatable bonds is 1. The van der Waals surface area contributed by atoms with Gasteiger partial charge >= 0.3 is 5.69 Å². The predicted octanol–water partition coefficient (Wildman–Crippen LogP) is 2.96. The zero-order valence-corrected chi connectivity index (χ0v) is 9.17. The van der Waals surface area contributed by atoms with Gasteiger partial charge in [-0.1, -0.05) is 11.6 Å². The number of hydrogen-bond donors (Lipinski definition) is 0. The van der Waals surface area contributed by atoms with Gasteiger partial charge in [0, 0.05) is 23.1 Å². The van der Waals surface area contributed by atoms with Crippen LogP contribution in [0.3, 0.4) is 0 Å². The van der Waals surface area contributed by atoms with Gasteiger partial charge in [-0.05, 0) is 19.9 Å². The van der Waals surface area contributed by atoms with Gasteiger partial charge in [-0.2, -0.15) is 0 Å². The maximum Gasteiger partial charge on any atom is 0.311 e. The Morgan fingerprint density at radius 1 is 1.53 bits per heavy atom. The normalized spacial score (nSPS) is 17.0. The number of nitro benzene ring substituents is 1. The smallest absolute Gasteiger partial charge is 0.311 e. The highest BCUT2D eigenvalue weighted by Gasteiger charge is 2.36. The SMILES string of the molecule is CC1(C)Cc2c(Cl)ccc([N+](=O)[O-])c2O1. The standard InChI is InChI=1S/C10H10ClNO3/c1-10(2)5-6-7(11)3-4-8(12(13)14)9(6)15-10/h3-4H,5H2,1-2H3. The van der Waals surface area contributed by atoms with E-state index in [-0.39, 0.29) is 5.69 Å². The molecule has 0 aromatic heterocycles. The first kappa shape index (κ1) is 10.2. The number of nitrogens with zero attached hydrogens (tertiary/aromatic N) is 1. The van der Waals surface area contributed by atoms with Crippen molar-refractivity contribution < 1.29 is 9.66 Å². The Bertz CT molecular complexity index is 443. The largest absolute Gasteiger partial charge is 0.480 e. The van der Waals surface area contributed by atoms with Crippen LogP contribution in [0.25, 0.3) is 0 Å². The first-order valence-corrected chi connectivity index (χ1v) is 4.93. The zero-order valence-electron chi connectivity index (χ0n) is 8.41. The van der Waals surface area contributed by atoms with E-state index in [1.165, 1.54) is 6.07 Å². The number of halogens is 1. The minimum Gasteiger partial charge on any atom is -0.480 e. The van der Waals surface area contributed by atoms with E-state index in [2.05, 4.69) is 0 Å². The molecule has 2 rings (SSSR count). The molecule has 0 atom stereocenters. The number of hydrogen-bond acceptors (Lipinski definition) is 3. The average Bonchev–Trinajstić information content (AvgIpc) is 2.41. The van der Waals surface area contributed by atoms with E-state index in [1.807, 2.05) is 13.8 Å². The van der Waals surface area contributed by atoms with Gasteiger partial charge in [-0.15, -0.1) is 0 Å². The molecule has 0 saturated carbocycles. The fourth-order valence-corrected chi connectivity index (χ4v) is 1.97. The van der Waals surface area contributed by atoms with Crippen LogP contribution in [-0.2, 0) is 6.42 Å². The van der Waals surface area contributed by atoms with Gasteiger partial charge in [0.2, 0.25) is 5.75 Å². The van der Waals surface area contributed by atoms with Gasteiger partial charge < -0.3 is 4.74 Å². The van der Waals surface area contributed by atoms with Crippen molar-refractivity contribution in [2.24, 2.45) is 0 Å². The van der Waals surface area contributed by atoms with E-state index >= 15 is 0 Å². The van der Waals surface area contributed by atoms with E-state index in [4.69, 9.17) is 16.3 Å². The van der Waals surface area contributed by atoms with Crippen molar-refractivity contribution >= 4 is 17.3 Å². The minimum atomic E-state index is -0.448. The topological polar surface area (TPSA) is 52.4 Å². The molecule has 1 aliphatic heterocycles. The van der Waals surface area contributed by atoms with Crippen LogP contribution in [0.5, 0.6) is 5.75 Å². The summed E-state index contributed by atoms with van der Waals surface area (Å²) < 4.78 is 5.54. The second-order valence-corrected chi connectivity index (χ2v) is 4.58. The summed E-state index contributed by atoms with van der Waals surface area (Å²) in [5.74, 6) is 0.317. The van der Waals surface area contributed by atoms with Crippen molar-refractivity contribution in [3.63, 3.8) is 0 Å². The monoisotopic (exact) mass is 227 g/mol. The lowest BCUT2D eigenvalue weighted by molar-refractivity contribution is -0.386.